The molecular formula is C48H54N7O8P. The van der Waals surface area contributed by atoms with Gasteiger partial charge >= 0.3 is 0 Å². The largest absolute Gasteiger partial charge is 0.497 e. The lowest BCUT2D eigenvalue weighted by Gasteiger charge is -2.39. The number of amides is 1. The molecule has 0 saturated carbocycles. The number of aromatic nitrogens is 4. The molecule has 334 valence electrons. The van der Waals surface area contributed by atoms with Crippen LogP contribution in [0.2, 0.25) is 0 Å². The lowest BCUT2D eigenvalue weighted by Crippen LogP contribution is -2.39. The molecular weight excluding hydrogens is 834 g/mol. The van der Waals surface area contributed by atoms with Crippen molar-refractivity contribution < 1.29 is 37.5 Å². The number of hydrogen-bond acceptors (Lipinski definition) is 13. The third kappa shape index (κ3) is 10.5. The molecule has 0 bridgehead atoms. The van der Waals surface area contributed by atoms with Crippen molar-refractivity contribution in [3.05, 3.63) is 139 Å². The molecule has 1 fully saturated rings. The van der Waals surface area contributed by atoms with Gasteiger partial charge in [-0.15, -0.1) is 0 Å². The smallest absolute Gasteiger partial charge is 0.263 e. The minimum Gasteiger partial charge on any atom is -0.497 e. The topological polar surface area (TPSA) is 164 Å². The van der Waals surface area contributed by atoms with E-state index in [1.807, 2.05) is 102 Å². The van der Waals surface area contributed by atoms with Crippen LogP contribution in [0.25, 0.3) is 11.2 Å². The number of nitrogens with one attached hydrogen (secondary N) is 1. The Hall–Kier alpha value is -5.98. The second kappa shape index (κ2) is 21.6. The summed E-state index contributed by atoms with van der Waals surface area (Å²) in [6, 6.07) is 37.2. The first-order chi connectivity index (χ1) is 31.1. The summed E-state index contributed by atoms with van der Waals surface area (Å²) in [5.41, 5.74) is 2.33. The summed E-state index contributed by atoms with van der Waals surface area (Å²) < 4.78 is 48.6. The minimum atomic E-state index is -1.67. The lowest BCUT2D eigenvalue weighted by atomic mass is 9.80. The summed E-state index contributed by atoms with van der Waals surface area (Å²) in [5, 5.41) is 12.3. The number of fused-ring (bicyclic) bond motifs is 1. The van der Waals surface area contributed by atoms with Crippen LogP contribution in [0, 0.1) is 11.3 Å². The molecule has 7 rings (SSSR count). The number of benzene rings is 4. The van der Waals surface area contributed by atoms with Gasteiger partial charge in [0.25, 0.3) is 14.4 Å². The molecule has 1 N–H and O–H groups in total. The van der Waals surface area contributed by atoms with Crippen LogP contribution < -0.4 is 19.5 Å². The summed E-state index contributed by atoms with van der Waals surface area (Å²) in [6.45, 7) is 8.45. The first-order valence-electron chi connectivity index (χ1n) is 21.2. The molecule has 1 aliphatic heterocycles. The van der Waals surface area contributed by atoms with E-state index in [0.717, 1.165) is 16.7 Å². The number of carbonyl (C=O) groups is 1. The summed E-state index contributed by atoms with van der Waals surface area (Å²) in [4.78, 5) is 26.6. The van der Waals surface area contributed by atoms with Crippen LogP contribution in [0.5, 0.6) is 17.2 Å². The van der Waals surface area contributed by atoms with E-state index in [4.69, 9.17) is 32.7 Å². The fourth-order valence-electron chi connectivity index (χ4n) is 7.81. The quantitative estimate of drug-likeness (QED) is 0.0415. The number of nitriles is 1. The Morgan fingerprint density at radius 1 is 0.859 bits per heavy atom. The van der Waals surface area contributed by atoms with E-state index in [-0.39, 0.29) is 44.1 Å². The molecule has 2 aromatic heterocycles. The first kappa shape index (κ1) is 46.0. The van der Waals surface area contributed by atoms with Gasteiger partial charge in [-0.1, -0.05) is 72.8 Å². The van der Waals surface area contributed by atoms with Gasteiger partial charge in [-0.2, -0.15) is 5.26 Å². The number of carbonyl (C=O) groups excluding carboxylic acids is 1. The molecule has 3 heterocycles. The maximum Gasteiger partial charge on any atom is 0.263 e. The molecule has 1 saturated heterocycles. The van der Waals surface area contributed by atoms with E-state index in [9.17, 15) is 10.1 Å². The Labute approximate surface area is 375 Å². The molecule has 0 radical (unpaired) electrons. The highest BCUT2D eigenvalue weighted by molar-refractivity contribution is 7.44. The van der Waals surface area contributed by atoms with Crippen LogP contribution in [-0.2, 0) is 28.9 Å². The lowest BCUT2D eigenvalue weighted by molar-refractivity contribution is -0.118. The Balaban J connectivity index is 1.25. The average Bonchev–Trinajstić information content (AvgIpc) is 3.94. The van der Waals surface area contributed by atoms with E-state index < -0.39 is 38.5 Å². The fourth-order valence-corrected chi connectivity index (χ4v) is 9.57. The maximum atomic E-state index is 13.0. The number of methoxy groups -OCH3 is 2. The minimum absolute atomic E-state index is 0.0675. The van der Waals surface area contributed by atoms with Crippen molar-refractivity contribution in [2.75, 3.05) is 39.4 Å². The predicted octanol–water partition coefficient (Wildman–Crippen LogP) is 8.82. The Morgan fingerprint density at radius 3 is 2.06 bits per heavy atom. The molecule has 16 heteroatoms. The van der Waals surface area contributed by atoms with Crippen molar-refractivity contribution in [2.45, 2.75) is 76.7 Å². The number of nitrogens with zero attached hydrogens (tertiary/aromatic N) is 6. The number of ether oxygens (including phenoxy) is 5. The van der Waals surface area contributed by atoms with Crippen molar-refractivity contribution in [1.82, 2.24) is 24.2 Å². The van der Waals surface area contributed by atoms with E-state index in [1.54, 1.807) is 32.7 Å². The molecule has 4 atom stereocenters. The van der Waals surface area contributed by atoms with E-state index in [1.165, 1.54) is 6.33 Å². The second-order valence-electron chi connectivity index (χ2n) is 15.6. The highest BCUT2D eigenvalue weighted by atomic mass is 31.2. The van der Waals surface area contributed by atoms with Crippen molar-refractivity contribution >= 4 is 31.4 Å². The molecule has 1 amide bonds. The van der Waals surface area contributed by atoms with Crippen LogP contribution in [0.4, 0.5) is 5.82 Å². The Bertz CT molecular complexity index is 2400. The van der Waals surface area contributed by atoms with Gasteiger partial charge in [-0.25, -0.2) is 19.6 Å². The summed E-state index contributed by atoms with van der Waals surface area (Å²) in [5.74, 6) is 1.82. The highest BCUT2D eigenvalue weighted by Crippen LogP contribution is 2.51. The normalized spacial score (nSPS) is 16.8. The van der Waals surface area contributed by atoms with Crippen LogP contribution in [-0.4, -0.2) is 88.4 Å². The van der Waals surface area contributed by atoms with Gasteiger partial charge in [0.15, 0.2) is 23.6 Å². The van der Waals surface area contributed by atoms with Crippen molar-refractivity contribution in [3.8, 4) is 23.3 Å². The van der Waals surface area contributed by atoms with Crippen molar-refractivity contribution in [2.24, 2.45) is 0 Å². The van der Waals surface area contributed by atoms with Crippen LogP contribution in [0.1, 0.15) is 63.5 Å². The molecule has 1 aliphatic rings. The maximum absolute atomic E-state index is 13.0. The molecule has 15 nitrogen and oxygen atoms in total. The molecule has 1 unspecified atom stereocenters. The van der Waals surface area contributed by atoms with E-state index >= 15 is 0 Å². The van der Waals surface area contributed by atoms with Gasteiger partial charge in [0.1, 0.15) is 41.5 Å². The summed E-state index contributed by atoms with van der Waals surface area (Å²) in [7, 11) is 1.61. The SMILES string of the molecule is COc1ccc(C(OC[C@H]2O[C@@H](n3cnc4c(NC(=O)COc5ccccc5)ncnc43)C[C@@H]2OP(OCCC#N)N(C(C)C)C(C)C)(c2ccccc2)c2ccc(OC)cc2)cc1. The molecule has 4 aromatic carbocycles. The molecule has 64 heavy (non-hydrogen) atoms. The van der Waals surface area contributed by atoms with E-state index in [0.29, 0.717) is 34.8 Å². The molecule has 0 spiro atoms. The third-order valence-electron chi connectivity index (χ3n) is 10.7. The van der Waals surface area contributed by atoms with Gasteiger partial charge in [-0.3, -0.25) is 9.36 Å². The monoisotopic (exact) mass is 887 g/mol. The molecule has 6 aromatic rings. The Morgan fingerprint density at radius 2 is 1.47 bits per heavy atom. The first-order valence-corrected chi connectivity index (χ1v) is 22.3. The van der Waals surface area contributed by atoms with Gasteiger partial charge in [-0.05, 0) is 80.8 Å². The summed E-state index contributed by atoms with van der Waals surface area (Å²) >= 11 is 0. The average molecular weight is 888 g/mol. The van der Waals surface area contributed by atoms with Gasteiger partial charge < -0.3 is 38.0 Å². The number of anilines is 1. The zero-order valence-corrected chi connectivity index (χ0v) is 37.8. The summed E-state index contributed by atoms with van der Waals surface area (Å²) in [6.07, 6.45) is 1.74. The fraction of sp³-hybridized carbons (Fsp3) is 0.354. The second-order valence-corrected chi connectivity index (χ2v) is 17.0. The van der Waals surface area contributed by atoms with Crippen molar-refractivity contribution in [3.63, 3.8) is 0 Å². The third-order valence-corrected chi connectivity index (χ3v) is 12.9. The molecule has 0 aliphatic carbocycles. The van der Waals surface area contributed by atoms with Crippen LogP contribution >= 0.6 is 8.53 Å². The number of rotatable bonds is 21. The van der Waals surface area contributed by atoms with Crippen LogP contribution in [0.15, 0.2) is 122 Å². The number of para-hydroxylation sites is 1. The van der Waals surface area contributed by atoms with Gasteiger partial charge in [0.2, 0.25) is 0 Å². The highest BCUT2D eigenvalue weighted by Gasteiger charge is 2.45. The van der Waals surface area contributed by atoms with E-state index in [2.05, 4.69) is 58.7 Å². The predicted molar refractivity (Wildman–Crippen MR) is 243 cm³/mol. The zero-order chi connectivity index (χ0) is 45.1. The number of imidazole rings is 1. The van der Waals surface area contributed by atoms with Gasteiger partial charge in [0.05, 0.1) is 52.4 Å². The van der Waals surface area contributed by atoms with Gasteiger partial charge in [0, 0.05) is 18.5 Å². The number of hydrogen-bond donors (Lipinski definition) is 1. The zero-order valence-electron chi connectivity index (χ0n) is 36.9. The van der Waals surface area contributed by atoms with Crippen LogP contribution in [0.3, 0.4) is 0 Å². The van der Waals surface area contributed by atoms with Crippen molar-refractivity contribution in [1.29, 1.82) is 5.26 Å². The standard InChI is InChI=1S/C48H54N7O8P/c1-33(2)55(34(3)4)64(61-27-13-26-49)63-41-28-44(54-32-52-45-46(50-31-51-47(45)54)53-43(56)30-59-40-16-11-8-12-17-40)62-42(41)29-60-48(35-14-9-7-10-15-35,36-18-22-38(57-5)23-19-36)37-20-24-39(58-6)25-21-37/h7-12,14-25,31-34,41-42,44H,13,27-30H2,1-6H3,(H,50,51,53,56)/t41-,42+,44+,64?/m0/s1. The Kier molecular flexibility index (Phi) is 15.5.